The van der Waals surface area contributed by atoms with Gasteiger partial charge >= 0.3 is 0 Å². The fraction of sp³-hybridized carbons (Fsp3) is 0.467. The van der Waals surface area contributed by atoms with Gasteiger partial charge in [0, 0.05) is 18.5 Å². The van der Waals surface area contributed by atoms with E-state index >= 15 is 0 Å². The Hall–Kier alpha value is -1.08. The highest BCUT2D eigenvalue weighted by Crippen LogP contribution is 2.36. The molecular weight excluding hydrogens is 194 g/mol. The number of hydrogen-bond acceptors (Lipinski definition) is 0. The molecule has 83 valence electrons. The van der Waals surface area contributed by atoms with Gasteiger partial charge in [-0.25, -0.2) is 5.32 Å². The Bertz CT molecular complexity index is 348. The molecule has 1 heteroatoms. The van der Waals surface area contributed by atoms with Crippen LogP contribution in [0.5, 0.6) is 0 Å². The number of hydrogen-bond donors (Lipinski definition) is 0. The van der Waals surface area contributed by atoms with Gasteiger partial charge in [-0.1, -0.05) is 47.6 Å². The van der Waals surface area contributed by atoms with Gasteiger partial charge in [0.2, 0.25) is 0 Å². The Morgan fingerprint density at radius 3 is 2.19 bits per heavy atom. The standard InChI is InChI=1S/C15H18N/c1-2-7-12(6-1)15(13-8-3-4-9-13)14-10-5-11-16-14/h1-4,6,8,14-15H,5,7,9-11H2. The average molecular weight is 212 g/mol. The van der Waals surface area contributed by atoms with Gasteiger partial charge in [-0.15, -0.1) is 0 Å². The molecule has 3 aliphatic rings. The van der Waals surface area contributed by atoms with E-state index in [9.17, 15) is 0 Å². The van der Waals surface area contributed by atoms with E-state index in [4.69, 9.17) is 5.32 Å². The van der Waals surface area contributed by atoms with Crippen LogP contribution in [0.1, 0.15) is 25.7 Å². The Morgan fingerprint density at radius 2 is 1.75 bits per heavy atom. The van der Waals surface area contributed by atoms with E-state index in [2.05, 4.69) is 36.5 Å². The van der Waals surface area contributed by atoms with E-state index in [0.29, 0.717) is 12.0 Å². The van der Waals surface area contributed by atoms with Crippen molar-refractivity contribution in [3.8, 4) is 0 Å². The summed E-state index contributed by atoms with van der Waals surface area (Å²) in [6.07, 6.45) is 18.3. The van der Waals surface area contributed by atoms with Crippen molar-refractivity contribution in [2.24, 2.45) is 5.92 Å². The molecule has 16 heavy (non-hydrogen) atoms. The van der Waals surface area contributed by atoms with Gasteiger partial charge in [-0.3, -0.25) is 0 Å². The molecule has 0 aromatic rings. The first kappa shape index (κ1) is 10.1. The summed E-state index contributed by atoms with van der Waals surface area (Å²) in [5.41, 5.74) is 3.15. The van der Waals surface area contributed by atoms with Gasteiger partial charge in [0.15, 0.2) is 0 Å². The maximum atomic E-state index is 4.79. The summed E-state index contributed by atoms with van der Waals surface area (Å²) < 4.78 is 0. The molecule has 0 saturated carbocycles. The molecule has 2 aliphatic carbocycles. The van der Waals surface area contributed by atoms with Gasteiger partial charge in [-0.2, -0.15) is 0 Å². The van der Waals surface area contributed by atoms with E-state index < -0.39 is 0 Å². The molecule has 1 fully saturated rings. The Kier molecular flexibility index (Phi) is 2.79. The van der Waals surface area contributed by atoms with Gasteiger partial charge in [0.1, 0.15) is 0 Å². The lowest BCUT2D eigenvalue weighted by Crippen LogP contribution is -2.28. The third-order valence-electron chi connectivity index (χ3n) is 3.81. The van der Waals surface area contributed by atoms with Crippen LogP contribution in [0.15, 0.2) is 47.6 Å². The summed E-state index contributed by atoms with van der Waals surface area (Å²) in [6, 6.07) is 0.553. The van der Waals surface area contributed by atoms with Crippen molar-refractivity contribution in [1.29, 1.82) is 0 Å². The SMILES string of the molecule is C1=CCC(C(C2=CC=CC2)C2CCC[N]2)=C1. The minimum atomic E-state index is 0.553. The summed E-state index contributed by atoms with van der Waals surface area (Å²) in [7, 11) is 0. The zero-order valence-corrected chi connectivity index (χ0v) is 9.60. The molecule has 0 bridgehead atoms. The maximum absolute atomic E-state index is 4.79. The first-order chi connectivity index (χ1) is 7.95. The highest BCUT2D eigenvalue weighted by molar-refractivity contribution is 5.37. The van der Waals surface area contributed by atoms with Crippen molar-refractivity contribution in [3.63, 3.8) is 0 Å². The van der Waals surface area contributed by atoms with Crippen LogP contribution in [0.2, 0.25) is 0 Å². The van der Waals surface area contributed by atoms with E-state index in [-0.39, 0.29) is 0 Å². The monoisotopic (exact) mass is 212 g/mol. The van der Waals surface area contributed by atoms with E-state index in [0.717, 1.165) is 19.4 Å². The summed E-state index contributed by atoms with van der Waals surface area (Å²) >= 11 is 0. The predicted octanol–water partition coefficient (Wildman–Crippen LogP) is 3.14. The number of allylic oxidation sites excluding steroid dienone is 6. The fourth-order valence-electron chi connectivity index (χ4n) is 3.04. The van der Waals surface area contributed by atoms with Crippen LogP contribution < -0.4 is 5.32 Å². The second-order valence-electron chi connectivity index (χ2n) is 4.84. The molecule has 3 rings (SSSR count). The largest absolute Gasteiger partial charge is 0.237 e. The molecule has 1 atom stereocenters. The first-order valence-electron chi connectivity index (χ1n) is 6.33. The summed E-state index contributed by atoms with van der Waals surface area (Å²) in [6.45, 7) is 1.07. The number of rotatable bonds is 3. The van der Waals surface area contributed by atoms with E-state index in [1.165, 1.54) is 12.8 Å². The third-order valence-corrected chi connectivity index (χ3v) is 3.81. The molecule has 1 nitrogen and oxygen atoms in total. The topological polar surface area (TPSA) is 14.1 Å². The molecule has 0 amide bonds. The zero-order chi connectivity index (χ0) is 10.8. The summed E-state index contributed by atoms with van der Waals surface area (Å²) in [4.78, 5) is 0. The molecule has 0 aromatic heterocycles. The van der Waals surface area contributed by atoms with Crippen LogP contribution in [-0.4, -0.2) is 12.6 Å². The summed E-state index contributed by atoms with van der Waals surface area (Å²) in [5, 5.41) is 4.79. The van der Waals surface area contributed by atoms with Gasteiger partial charge in [0.05, 0.1) is 0 Å². The molecule has 0 aromatic carbocycles. The molecule has 1 saturated heterocycles. The molecule has 0 spiro atoms. The van der Waals surface area contributed by atoms with Crippen LogP contribution in [0.25, 0.3) is 0 Å². The highest BCUT2D eigenvalue weighted by Gasteiger charge is 2.31. The smallest absolute Gasteiger partial charge is 0.0349 e. The van der Waals surface area contributed by atoms with Crippen molar-refractivity contribution >= 4 is 0 Å². The zero-order valence-electron chi connectivity index (χ0n) is 9.60. The molecule has 1 aliphatic heterocycles. The lowest BCUT2D eigenvalue weighted by atomic mass is 9.82. The first-order valence-corrected chi connectivity index (χ1v) is 6.33. The number of nitrogens with zero attached hydrogens (tertiary/aromatic N) is 1. The van der Waals surface area contributed by atoms with Crippen molar-refractivity contribution in [3.05, 3.63) is 47.6 Å². The minimum Gasteiger partial charge on any atom is -0.237 e. The van der Waals surface area contributed by atoms with Crippen LogP contribution in [0.4, 0.5) is 0 Å². The van der Waals surface area contributed by atoms with Crippen LogP contribution in [-0.2, 0) is 0 Å². The highest BCUT2D eigenvalue weighted by atomic mass is 14.9. The van der Waals surface area contributed by atoms with Gasteiger partial charge < -0.3 is 0 Å². The Morgan fingerprint density at radius 1 is 1.06 bits per heavy atom. The Balaban J connectivity index is 1.82. The average Bonchev–Trinajstić information content (AvgIpc) is 3.02. The van der Waals surface area contributed by atoms with E-state index in [1.807, 2.05) is 0 Å². The minimum absolute atomic E-state index is 0.553. The second kappa shape index (κ2) is 4.42. The fourth-order valence-corrected chi connectivity index (χ4v) is 3.04. The van der Waals surface area contributed by atoms with Crippen molar-refractivity contribution in [2.45, 2.75) is 31.7 Å². The second-order valence-corrected chi connectivity index (χ2v) is 4.84. The van der Waals surface area contributed by atoms with Crippen LogP contribution in [0, 0.1) is 5.92 Å². The van der Waals surface area contributed by atoms with Crippen LogP contribution in [0.3, 0.4) is 0 Å². The lowest BCUT2D eigenvalue weighted by Gasteiger charge is -2.26. The molecule has 1 heterocycles. The van der Waals surface area contributed by atoms with Crippen molar-refractivity contribution in [1.82, 2.24) is 5.32 Å². The molecule has 0 N–H and O–H groups in total. The molecule has 1 unspecified atom stereocenters. The van der Waals surface area contributed by atoms with Gasteiger partial charge in [0.25, 0.3) is 0 Å². The third kappa shape index (κ3) is 1.80. The van der Waals surface area contributed by atoms with Gasteiger partial charge in [-0.05, 0) is 25.7 Å². The molecular formula is C15H18N. The van der Waals surface area contributed by atoms with Crippen molar-refractivity contribution < 1.29 is 0 Å². The van der Waals surface area contributed by atoms with Crippen molar-refractivity contribution in [2.75, 3.05) is 6.54 Å². The Labute approximate surface area is 97.6 Å². The van der Waals surface area contributed by atoms with E-state index in [1.54, 1.807) is 11.1 Å². The van der Waals surface area contributed by atoms with Crippen LogP contribution >= 0.6 is 0 Å². The summed E-state index contributed by atoms with van der Waals surface area (Å²) in [5.74, 6) is 0.590. The predicted molar refractivity (Wildman–Crippen MR) is 67.2 cm³/mol. The lowest BCUT2D eigenvalue weighted by molar-refractivity contribution is 0.476. The maximum Gasteiger partial charge on any atom is 0.0349 e. The normalized spacial score (nSPS) is 27.9. The molecule has 1 radical (unpaired) electrons. The quantitative estimate of drug-likeness (QED) is 0.682.